The summed E-state index contributed by atoms with van der Waals surface area (Å²) in [6, 6.07) is 4.67. The van der Waals surface area contributed by atoms with Gasteiger partial charge in [-0.05, 0) is 55.7 Å². The zero-order valence-electron chi connectivity index (χ0n) is 13.1. The fourth-order valence-electron chi connectivity index (χ4n) is 3.11. The molecule has 1 aromatic rings. The van der Waals surface area contributed by atoms with Crippen molar-refractivity contribution in [3.63, 3.8) is 0 Å². The van der Waals surface area contributed by atoms with Crippen molar-refractivity contribution in [1.82, 2.24) is 4.98 Å². The van der Waals surface area contributed by atoms with Crippen molar-refractivity contribution >= 4 is 5.82 Å². The third-order valence-electron chi connectivity index (χ3n) is 4.51. The molecule has 0 aromatic carbocycles. The van der Waals surface area contributed by atoms with Gasteiger partial charge < -0.3 is 10.0 Å². The zero-order valence-corrected chi connectivity index (χ0v) is 13.1. The van der Waals surface area contributed by atoms with Crippen molar-refractivity contribution < 1.29 is 5.11 Å². The lowest BCUT2D eigenvalue weighted by Crippen LogP contribution is -2.35. The van der Waals surface area contributed by atoms with Gasteiger partial charge in [-0.25, -0.2) is 4.98 Å². The van der Waals surface area contributed by atoms with Crippen LogP contribution in [0.25, 0.3) is 0 Å². The van der Waals surface area contributed by atoms with Crippen molar-refractivity contribution in [3.8, 4) is 0 Å². The highest BCUT2D eigenvalue weighted by Crippen LogP contribution is 2.29. The molecule has 20 heavy (non-hydrogen) atoms. The van der Waals surface area contributed by atoms with E-state index < -0.39 is 0 Å². The molecule has 0 radical (unpaired) electrons. The van der Waals surface area contributed by atoms with Gasteiger partial charge in [0.15, 0.2) is 0 Å². The van der Waals surface area contributed by atoms with Crippen LogP contribution in [-0.4, -0.2) is 23.2 Å². The van der Waals surface area contributed by atoms with Crippen LogP contribution in [0.15, 0.2) is 12.1 Å². The van der Waals surface area contributed by atoms with Crippen LogP contribution in [0, 0.1) is 5.92 Å². The van der Waals surface area contributed by atoms with Crippen molar-refractivity contribution in [1.29, 1.82) is 0 Å². The monoisotopic (exact) mass is 276 g/mol. The van der Waals surface area contributed by atoms with Gasteiger partial charge in [-0.1, -0.05) is 20.3 Å². The minimum absolute atomic E-state index is 0.0990. The molecule has 0 aliphatic heterocycles. The standard InChI is InChI=1S/C17H28N2O/c1-4-5-15-10-14(12-20)11-17(18-15)19(3)16-8-6-13(2)7-9-16/h10-11,13,16,20H,4-9,12H2,1-3H3. The summed E-state index contributed by atoms with van der Waals surface area (Å²) in [7, 11) is 2.15. The fraction of sp³-hybridized carbons (Fsp3) is 0.706. The Morgan fingerprint density at radius 1 is 1.25 bits per heavy atom. The third-order valence-corrected chi connectivity index (χ3v) is 4.51. The van der Waals surface area contributed by atoms with E-state index in [9.17, 15) is 5.11 Å². The van der Waals surface area contributed by atoms with Crippen LogP contribution in [0.2, 0.25) is 0 Å². The fourth-order valence-corrected chi connectivity index (χ4v) is 3.11. The van der Waals surface area contributed by atoms with Crippen LogP contribution in [-0.2, 0) is 13.0 Å². The first-order valence-electron chi connectivity index (χ1n) is 7.97. The molecule has 3 nitrogen and oxygen atoms in total. The molecule has 1 saturated carbocycles. The number of nitrogens with zero attached hydrogens (tertiary/aromatic N) is 2. The van der Waals surface area contributed by atoms with Crippen LogP contribution < -0.4 is 4.90 Å². The van der Waals surface area contributed by atoms with Gasteiger partial charge in [0, 0.05) is 18.8 Å². The van der Waals surface area contributed by atoms with Crippen LogP contribution >= 0.6 is 0 Å². The maximum absolute atomic E-state index is 9.44. The van der Waals surface area contributed by atoms with Crippen molar-refractivity contribution in [2.24, 2.45) is 5.92 Å². The Morgan fingerprint density at radius 2 is 1.95 bits per heavy atom. The highest BCUT2D eigenvalue weighted by molar-refractivity contribution is 5.43. The molecule has 0 bridgehead atoms. The topological polar surface area (TPSA) is 36.4 Å². The molecule has 1 fully saturated rings. The first-order valence-corrected chi connectivity index (χ1v) is 7.97. The number of hydrogen-bond acceptors (Lipinski definition) is 3. The first-order chi connectivity index (χ1) is 9.63. The molecular formula is C17H28N2O. The number of hydrogen-bond donors (Lipinski definition) is 1. The molecule has 1 heterocycles. The van der Waals surface area contributed by atoms with E-state index in [4.69, 9.17) is 4.98 Å². The zero-order chi connectivity index (χ0) is 14.5. The molecule has 0 saturated heterocycles. The van der Waals surface area contributed by atoms with Crippen LogP contribution in [0.5, 0.6) is 0 Å². The van der Waals surface area contributed by atoms with Crippen LogP contribution in [0.4, 0.5) is 5.82 Å². The Morgan fingerprint density at radius 3 is 2.55 bits per heavy atom. The van der Waals surface area contributed by atoms with Gasteiger partial charge in [0.05, 0.1) is 6.61 Å². The highest BCUT2D eigenvalue weighted by Gasteiger charge is 2.22. The highest BCUT2D eigenvalue weighted by atomic mass is 16.3. The molecule has 1 N–H and O–H groups in total. The van der Waals surface area contributed by atoms with Gasteiger partial charge in [0.2, 0.25) is 0 Å². The molecule has 1 aliphatic carbocycles. The number of rotatable bonds is 5. The van der Waals surface area contributed by atoms with Gasteiger partial charge >= 0.3 is 0 Å². The van der Waals surface area contributed by atoms with E-state index in [2.05, 4.69) is 25.8 Å². The minimum atomic E-state index is 0.0990. The number of pyridine rings is 1. The molecule has 0 unspecified atom stereocenters. The second kappa shape index (κ2) is 7.07. The summed E-state index contributed by atoms with van der Waals surface area (Å²) in [5.41, 5.74) is 2.08. The number of aromatic nitrogens is 1. The third kappa shape index (κ3) is 3.72. The van der Waals surface area contributed by atoms with Gasteiger partial charge in [-0.15, -0.1) is 0 Å². The number of aliphatic hydroxyl groups excluding tert-OH is 1. The number of aryl methyl sites for hydroxylation is 1. The van der Waals surface area contributed by atoms with Gasteiger partial charge in [0.1, 0.15) is 5.82 Å². The summed E-state index contributed by atoms with van der Waals surface area (Å²) >= 11 is 0. The molecule has 0 atom stereocenters. The first kappa shape index (κ1) is 15.3. The average Bonchev–Trinajstić information content (AvgIpc) is 2.47. The van der Waals surface area contributed by atoms with E-state index in [1.807, 2.05) is 12.1 Å². The Hall–Kier alpha value is -1.09. The molecule has 2 rings (SSSR count). The molecular weight excluding hydrogens is 248 g/mol. The van der Waals surface area contributed by atoms with E-state index in [-0.39, 0.29) is 6.61 Å². The maximum atomic E-state index is 9.44. The van der Waals surface area contributed by atoms with E-state index in [0.717, 1.165) is 35.8 Å². The molecule has 0 amide bonds. The molecule has 112 valence electrons. The Kier molecular flexibility index (Phi) is 5.41. The SMILES string of the molecule is CCCc1cc(CO)cc(N(C)C2CCC(C)CC2)n1. The summed E-state index contributed by atoms with van der Waals surface area (Å²) in [5, 5.41) is 9.44. The van der Waals surface area contributed by atoms with Crippen molar-refractivity contribution in [3.05, 3.63) is 23.4 Å². The number of aliphatic hydroxyl groups is 1. The summed E-state index contributed by atoms with van der Waals surface area (Å²) < 4.78 is 0. The van der Waals surface area contributed by atoms with Gasteiger partial charge in [0.25, 0.3) is 0 Å². The van der Waals surface area contributed by atoms with E-state index >= 15 is 0 Å². The summed E-state index contributed by atoms with van der Waals surface area (Å²) in [6.45, 7) is 4.61. The Labute approximate surface area is 123 Å². The quantitative estimate of drug-likeness (QED) is 0.893. The van der Waals surface area contributed by atoms with E-state index in [1.165, 1.54) is 25.7 Å². The van der Waals surface area contributed by atoms with Crippen LogP contribution in [0.3, 0.4) is 0 Å². The lowest BCUT2D eigenvalue weighted by Gasteiger charge is -2.34. The van der Waals surface area contributed by atoms with Crippen molar-refractivity contribution in [2.45, 2.75) is 65.0 Å². The predicted molar refractivity (Wildman–Crippen MR) is 84.0 cm³/mol. The normalized spacial score (nSPS) is 22.8. The predicted octanol–water partition coefficient (Wildman–Crippen LogP) is 3.54. The average molecular weight is 276 g/mol. The molecule has 0 spiro atoms. The minimum Gasteiger partial charge on any atom is -0.392 e. The van der Waals surface area contributed by atoms with Crippen LogP contribution in [0.1, 0.15) is 57.2 Å². The second-order valence-corrected chi connectivity index (χ2v) is 6.26. The number of anilines is 1. The Bertz CT molecular complexity index is 425. The molecule has 1 aromatic heterocycles. The van der Waals surface area contributed by atoms with Gasteiger partial charge in [-0.2, -0.15) is 0 Å². The summed E-state index contributed by atoms with van der Waals surface area (Å²) in [5.74, 6) is 1.89. The maximum Gasteiger partial charge on any atom is 0.129 e. The Balaban J connectivity index is 2.15. The lowest BCUT2D eigenvalue weighted by atomic mass is 9.87. The summed E-state index contributed by atoms with van der Waals surface area (Å²) in [4.78, 5) is 7.10. The smallest absolute Gasteiger partial charge is 0.129 e. The van der Waals surface area contributed by atoms with E-state index in [1.54, 1.807) is 0 Å². The molecule has 1 aliphatic rings. The van der Waals surface area contributed by atoms with E-state index in [0.29, 0.717) is 6.04 Å². The van der Waals surface area contributed by atoms with Crippen molar-refractivity contribution in [2.75, 3.05) is 11.9 Å². The summed E-state index contributed by atoms with van der Waals surface area (Å²) in [6.07, 6.45) is 7.22. The lowest BCUT2D eigenvalue weighted by molar-refractivity contribution is 0.281. The largest absolute Gasteiger partial charge is 0.392 e. The molecule has 3 heteroatoms. The second-order valence-electron chi connectivity index (χ2n) is 6.26. The van der Waals surface area contributed by atoms with Gasteiger partial charge in [-0.3, -0.25) is 0 Å².